The zero-order valence-electron chi connectivity index (χ0n) is 23.3. The second kappa shape index (κ2) is 12.8. The Morgan fingerprint density at radius 3 is 2.52 bits per heavy atom. The molecule has 1 aliphatic heterocycles. The number of furan rings is 1. The van der Waals surface area contributed by atoms with Gasteiger partial charge in [-0.15, -0.1) is 0 Å². The number of esters is 1. The molecule has 0 fully saturated rings. The fraction of sp³-hybridized carbons (Fsp3) is 0.121. The monoisotopic (exact) mass is 796 g/mol. The highest BCUT2D eigenvalue weighted by atomic mass is 79.9. The van der Waals surface area contributed by atoms with Crippen LogP contribution in [0.4, 0.5) is 0 Å². The SMILES string of the molecule is CCOC(=O)C1=C(c2ccccc2)N=c2s/c(=C\c3ccc(-c4cc(Br)ccc4Br)o3)c(=O)n2[C@@H]1c1cc(Br)ccc1OC. The van der Waals surface area contributed by atoms with Crippen LogP contribution in [0.3, 0.4) is 0 Å². The molecule has 1 atom stereocenters. The number of carbonyl (C=O) groups is 1. The summed E-state index contributed by atoms with van der Waals surface area (Å²) in [6, 6.07) is 23.5. The summed E-state index contributed by atoms with van der Waals surface area (Å²) in [4.78, 5) is 33.3. The topological polar surface area (TPSA) is 83.0 Å². The molecule has 0 saturated heterocycles. The minimum absolute atomic E-state index is 0.159. The molecule has 0 aliphatic carbocycles. The number of rotatable bonds is 7. The van der Waals surface area contributed by atoms with Crippen molar-refractivity contribution in [2.75, 3.05) is 13.7 Å². The third-order valence-electron chi connectivity index (χ3n) is 6.95. The third kappa shape index (κ3) is 5.81. The van der Waals surface area contributed by atoms with E-state index in [1.807, 2.05) is 72.8 Å². The molecule has 0 bridgehead atoms. The number of fused-ring (bicyclic) bond motifs is 1. The number of carbonyl (C=O) groups excluding carboxylic acids is 1. The lowest BCUT2D eigenvalue weighted by atomic mass is 9.92. The van der Waals surface area contributed by atoms with E-state index in [1.165, 1.54) is 15.9 Å². The average molecular weight is 799 g/mol. The number of hydrogen-bond donors (Lipinski definition) is 0. The van der Waals surface area contributed by atoms with Crippen molar-refractivity contribution in [1.82, 2.24) is 4.57 Å². The molecule has 7 nitrogen and oxygen atoms in total. The molecule has 0 radical (unpaired) electrons. The van der Waals surface area contributed by atoms with Crippen molar-refractivity contribution < 1.29 is 18.7 Å². The summed E-state index contributed by atoms with van der Waals surface area (Å²) in [6.45, 7) is 1.90. The van der Waals surface area contributed by atoms with Crippen LogP contribution in [0.25, 0.3) is 23.1 Å². The van der Waals surface area contributed by atoms with Crippen LogP contribution in [0.1, 0.15) is 29.9 Å². The minimum Gasteiger partial charge on any atom is -0.496 e. The van der Waals surface area contributed by atoms with E-state index in [0.29, 0.717) is 37.9 Å². The quantitative estimate of drug-likeness (QED) is 0.160. The maximum Gasteiger partial charge on any atom is 0.338 e. The Hall–Kier alpha value is -3.51. The van der Waals surface area contributed by atoms with Gasteiger partial charge in [-0.3, -0.25) is 9.36 Å². The van der Waals surface area contributed by atoms with E-state index >= 15 is 0 Å². The summed E-state index contributed by atoms with van der Waals surface area (Å²) >= 11 is 11.9. The zero-order chi connectivity index (χ0) is 31.0. The van der Waals surface area contributed by atoms with E-state index in [1.54, 1.807) is 26.2 Å². The van der Waals surface area contributed by atoms with Gasteiger partial charge in [-0.2, -0.15) is 0 Å². The number of ether oxygens (including phenoxy) is 2. The Labute approximate surface area is 281 Å². The highest BCUT2D eigenvalue weighted by Crippen LogP contribution is 2.40. The van der Waals surface area contributed by atoms with Crippen LogP contribution in [-0.2, 0) is 9.53 Å². The van der Waals surface area contributed by atoms with Crippen molar-refractivity contribution in [3.8, 4) is 17.1 Å². The Bertz CT molecular complexity index is 2110. The molecule has 0 N–H and O–H groups in total. The van der Waals surface area contributed by atoms with E-state index in [4.69, 9.17) is 18.9 Å². The molecule has 222 valence electrons. The summed E-state index contributed by atoms with van der Waals surface area (Å²) in [7, 11) is 1.56. The van der Waals surface area contributed by atoms with Crippen LogP contribution in [0, 0.1) is 0 Å². The minimum atomic E-state index is -0.875. The highest BCUT2D eigenvalue weighted by molar-refractivity contribution is 9.11. The number of aromatic nitrogens is 1. The maximum absolute atomic E-state index is 14.2. The summed E-state index contributed by atoms with van der Waals surface area (Å²) in [6.07, 6.45) is 1.70. The van der Waals surface area contributed by atoms with Gasteiger partial charge < -0.3 is 13.9 Å². The molecule has 3 heterocycles. The standard InChI is InChI=1S/C33H23Br3N2O5S/c1-3-42-32(40)28-29(18-7-5-4-6-8-18)37-33-38(30(28)23-16-20(35)10-13-25(23)41-2)31(39)27(44-33)17-21-11-14-26(43-21)22-15-19(34)9-12-24(22)36/h4-17,30H,3H2,1-2H3/b27-17-/t30-/m1/s1. The van der Waals surface area contributed by atoms with Gasteiger partial charge in [0.05, 0.1) is 29.5 Å². The molecule has 2 aromatic heterocycles. The van der Waals surface area contributed by atoms with Crippen LogP contribution in [0.2, 0.25) is 0 Å². The number of nitrogens with zero attached hydrogens (tertiary/aromatic N) is 2. The first-order chi connectivity index (χ1) is 21.3. The molecule has 11 heteroatoms. The van der Waals surface area contributed by atoms with Gasteiger partial charge in [0.25, 0.3) is 5.56 Å². The number of thiazole rings is 1. The van der Waals surface area contributed by atoms with Gasteiger partial charge in [0.2, 0.25) is 0 Å². The number of hydrogen-bond acceptors (Lipinski definition) is 7. The third-order valence-corrected chi connectivity index (χ3v) is 9.61. The highest BCUT2D eigenvalue weighted by Gasteiger charge is 2.37. The van der Waals surface area contributed by atoms with Crippen LogP contribution in [-0.4, -0.2) is 24.3 Å². The molecule has 0 unspecified atom stereocenters. The molecule has 0 saturated carbocycles. The van der Waals surface area contributed by atoms with Gasteiger partial charge in [-0.05, 0) is 55.5 Å². The predicted molar refractivity (Wildman–Crippen MR) is 181 cm³/mol. The summed E-state index contributed by atoms with van der Waals surface area (Å²) in [5.41, 5.74) is 2.56. The Morgan fingerprint density at radius 1 is 1.02 bits per heavy atom. The molecular formula is C33H23Br3N2O5S. The Morgan fingerprint density at radius 2 is 1.77 bits per heavy atom. The molecule has 6 rings (SSSR count). The van der Waals surface area contributed by atoms with Crippen LogP contribution in [0.5, 0.6) is 5.75 Å². The lowest BCUT2D eigenvalue weighted by Gasteiger charge is -2.27. The molecule has 0 amide bonds. The summed E-state index contributed by atoms with van der Waals surface area (Å²) in [5.74, 6) is 1.09. The fourth-order valence-corrected chi connectivity index (χ4v) is 7.21. The largest absolute Gasteiger partial charge is 0.496 e. The summed E-state index contributed by atoms with van der Waals surface area (Å²) < 4.78 is 21.9. The van der Waals surface area contributed by atoms with Crippen molar-refractivity contribution in [2.45, 2.75) is 13.0 Å². The van der Waals surface area contributed by atoms with Crippen molar-refractivity contribution in [2.24, 2.45) is 4.99 Å². The van der Waals surface area contributed by atoms with E-state index < -0.39 is 12.0 Å². The molecule has 3 aromatic carbocycles. The second-order valence-corrected chi connectivity index (χ2v) is 13.3. The van der Waals surface area contributed by atoms with E-state index in [2.05, 4.69) is 47.8 Å². The maximum atomic E-state index is 14.2. The molecule has 1 aliphatic rings. The molecule has 0 spiro atoms. The average Bonchev–Trinajstić information content (AvgIpc) is 3.62. The van der Waals surface area contributed by atoms with Crippen molar-refractivity contribution in [1.29, 1.82) is 0 Å². The van der Waals surface area contributed by atoms with E-state index in [0.717, 1.165) is 24.5 Å². The van der Waals surface area contributed by atoms with E-state index in [9.17, 15) is 9.59 Å². The Balaban J connectivity index is 1.60. The normalized spacial score (nSPS) is 14.8. The summed E-state index contributed by atoms with van der Waals surface area (Å²) in [5, 5.41) is 0. The number of benzene rings is 3. The number of methoxy groups -OCH3 is 1. The van der Waals surface area contributed by atoms with Crippen molar-refractivity contribution in [3.63, 3.8) is 0 Å². The first-order valence-electron chi connectivity index (χ1n) is 13.5. The lowest BCUT2D eigenvalue weighted by Crippen LogP contribution is -2.40. The van der Waals surface area contributed by atoms with Crippen molar-refractivity contribution in [3.05, 3.63) is 134 Å². The Kier molecular flexibility index (Phi) is 8.91. The first-order valence-corrected chi connectivity index (χ1v) is 16.7. The number of halogens is 3. The van der Waals surface area contributed by atoms with Gasteiger partial charge in [-0.1, -0.05) is 89.5 Å². The van der Waals surface area contributed by atoms with Crippen LogP contribution in [0.15, 0.2) is 112 Å². The van der Waals surface area contributed by atoms with Gasteiger partial charge in [0, 0.05) is 36.2 Å². The fourth-order valence-electron chi connectivity index (χ4n) is 5.04. The second-order valence-electron chi connectivity index (χ2n) is 9.64. The smallest absolute Gasteiger partial charge is 0.338 e. The van der Waals surface area contributed by atoms with Crippen LogP contribution < -0.4 is 19.6 Å². The predicted octanol–water partition coefficient (Wildman–Crippen LogP) is 7.49. The van der Waals surface area contributed by atoms with Gasteiger partial charge in [-0.25, -0.2) is 9.79 Å². The lowest BCUT2D eigenvalue weighted by molar-refractivity contribution is -0.138. The molecular weight excluding hydrogens is 776 g/mol. The van der Waals surface area contributed by atoms with Gasteiger partial charge >= 0.3 is 5.97 Å². The van der Waals surface area contributed by atoms with E-state index in [-0.39, 0.29) is 17.7 Å². The van der Waals surface area contributed by atoms with Crippen LogP contribution >= 0.6 is 59.1 Å². The molecule has 44 heavy (non-hydrogen) atoms. The first kappa shape index (κ1) is 30.5. The van der Waals surface area contributed by atoms with Gasteiger partial charge in [0.15, 0.2) is 4.80 Å². The van der Waals surface area contributed by atoms with Crippen molar-refractivity contribution >= 4 is 76.9 Å². The molecule has 5 aromatic rings. The van der Waals surface area contributed by atoms with Gasteiger partial charge in [0.1, 0.15) is 23.3 Å². The zero-order valence-corrected chi connectivity index (χ0v) is 28.9.